The second kappa shape index (κ2) is 4.90. The summed E-state index contributed by atoms with van der Waals surface area (Å²) < 4.78 is 0. The van der Waals surface area contributed by atoms with E-state index in [1.165, 1.54) is 0 Å². The van der Waals surface area contributed by atoms with Crippen LogP contribution in [0.3, 0.4) is 0 Å². The molecule has 0 aliphatic rings. The Balaban J connectivity index is 0. The van der Waals surface area contributed by atoms with Crippen LogP contribution in [0, 0.1) is 6.92 Å². The molecule has 0 aliphatic heterocycles. The van der Waals surface area contributed by atoms with Gasteiger partial charge in [-0.3, -0.25) is 0 Å². The van der Waals surface area contributed by atoms with E-state index >= 15 is 0 Å². The van der Waals surface area contributed by atoms with Crippen molar-refractivity contribution in [2.24, 2.45) is 0 Å². The molecule has 1 aromatic carbocycles. The van der Waals surface area contributed by atoms with Crippen molar-refractivity contribution in [2.45, 2.75) is 26.7 Å². The minimum absolute atomic E-state index is 0. The van der Waals surface area contributed by atoms with E-state index in [1.807, 2.05) is 19.1 Å². The number of aromatic hydroxyl groups is 1. The Morgan fingerprint density at radius 2 is 1.92 bits per heavy atom. The maximum absolute atomic E-state index is 9.46. The van der Waals surface area contributed by atoms with E-state index in [-0.39, 0.29) is 31.0 Å². The first kappa shape index (κ1) is 12.0. The Morgan fingerprint density at radius 1 is 1.33 bits per heavy atom. The van der Waals surface area contributed by atoms with Gasteiger partial charge in [0, 0.05) is 0 Å². The van der Waals surface area contributed by atoms with Crippen molar-refractivity contribution in [3.05, 3.63) is 29.3 Å². The molecule has 1 N–H and O–H groups in total. The third kappa shape index (κ3) is 2.81. The molecule has 1 aromatic rings. The Hall–Kier alpha value is 0.0200. The molecule has 0 amide bonds. The third-order valence-corrected chi connectivity index (χ3v) is 1.81. The number of phenolic OH excluding ortho intramolecular Hbond substituents is 1. The van der Waals surface area contributed by atoms with Crippen LogP contribution in [0.15, 0.2) is 18.2 Å². The molecule has 0 unspecified atom stereocenters. The fourth-order valence-corrected chi connectivity index (χ4v) is 1.14. The molecule has 0 fully saturated rings. The quantitative estimate of drug-likeness (QED) is 0.591. The average Bonchev–Trinajstić information content (AvgIpc) is 1.85. The molecule has 0 saturated carbocycles. The van der Waals surface area contributed by atoms with Crippen LogP contribution in [-0.4, -0.2) is 5.11 Å². The van der Waals surface area contributed by atoms with Gasteiger partial charge in [-0.25, -0.2) is 0 Å². The van der Waals surface area contributed by atoms with Crippen LogP contribution < -0.4 is 29.6 Å². The van der Waals surface area contributed by atoms with Crippen molar-refractivity contribution in [3.63, 3.8) is 0 Å². The first-order valence-electron chi connectivity index (χ1n) is 3.91. The smallest absolute Gasteiger partial charge is 1.00 e. The maximum atomic E-state index is 9.46. The van der Waals surface area contributed by atoms with Gasteiger partial charge in [0.1, 0.15) is 5.75 Å². The van der Waals surface area contributed by atoms with Crippen LogP contribution in [0.1, 0.15) is 32.3 Å². The van der Waals surface area contributed by atoms with E-state index in [0.29, 0.717) is 11.7 Å². The summed E-state index contributed by atoms with van der Waals surface area (Å²) in [5, 5.41) is 9.46. The number of phenols is 1. The van der Waals surface area contributed by atoms with Crippen molar-refractivity contribution >= 4 is 0 Å². The predicted molar refractivity (Wildman–Crippen MR) is 48.0 cm³/mol. The van der Waals surface area contributed by atoms with Crippen molar-refractivity contribution in [1.29, 1.82) is 0 Å². The maximum Gasteiger partial charge on any atom is 1.00 e. The first-order valence-corrected chi connectivity index (χ1v) is 3.91. The second-order valence-electron chi connectivity index (χ2n) is 3.22. The molecule has 0 radical (unpaired) electrons. The summed E-state index contributed by atoms with van der Waals surface area (Å²) in [7, 11) is 0. The summed E-state index contributed by atoms with van der Waals surface area (Å²) in [6.45, 7) is 6.12. The zero-order valence-corrected chi connectivity index (χ0v) is 10.3. The fraction of sp³-hybridized carbons (Fsp3) is 0.400. The normalized spacial score (nSPS) is 9.67. The van der Waals surface area contributed by atoms with Crippen molar-refractivity contribution in [2.75, 3.05) is 0 Å². The van der Waals surface area contributed by atoms with Crippen LogP contribution in [0.2, 0.25) is 0 Å². The summed E-state index contributed by atoms with van der Waals surface area (Å²) in [6.07, 6.45) is 0. The Labute approximate surface area is 97.6 Å². The molecule has 0 spiro atoms. The molecule has 0 saturated heterocycles. The molecule has 0 heterocycles. The van der Waals surface area contributed by atoms with Crippen molar-refractivity contribution in [3.8, 4) is 5.75 Å². The summed E-state index contributed by atoms with van der Waals surface area (Å²) in [5.41, 5.74) is 2.13. The largest absolute Gasteiger partial charge is 1.00 e. The van der Waals surface area contributed by atoms with Gasteiger partial charge in [-0.2, -0.15) is 0 Å². The molecule has 12 heavy (non-hydrogen) atoms. The summed E-state index contributed by atoms with van der Waals surface area (Å²) in [4.78, 5) is 0. The number of benzene rings is 1. The van der Waals surface area contributed by atoms with Gasteiger partial charge in [0.15, 0.2) is 0 Å². The topological polar surface area (TPSA) is 20.2 Å². The molecule has 0 aliphatic carbocycles. The predicted octanol–water partition coefficient (Wildman–Crippen LogP) is -0.0595. The van der Waals surface area contributed by atoms with Gasteiger partial charge in [0.2, 0.25) is 0 Å². The van der Waals surface area contributed by atoms with Gasteiger partial charge >= 0.3 is 29.6 Å². The average molecular weight is 174 g/mol. The molecule has 0 bridgehead atoms. The Kier molecular flexibility index (Phi) is 4.91. The van der Waals surface area contributed by atoms with E-state index in [9.17, 15) is 5.11 Å². The van der Waals surface area contributed by atoms with Crippen LogP contribution >= 0.6 is 0 Å². The number of hydrogen-bond donors (Lipinski definition) is 1. The van der Waals surface area contributed by atoms with E-state index in [4.69, 9.17) is 0 Å². The minimum atomic E-state index is 0. The van der Waals surface area contributed by atoms with E-state index < -0.39 is 0 Å². The summed E-state index contributed by atoms with van der Waals surface area (Å²) in [5.74, 6) is 0.815. The van der Waals surface area contributed by atoms with Gasteiger partial charge in [-0.15, -0.1) is 0 Å². The van der Waals surface area contributed by atoms with Gasteiger partial charge in [-0.1, -0.05) is 26.0 Å². The van der Waals surface area contributed by atoms with E-state index in [0.717, 1.165) is 11.1 Å². The number of rotatable bonds is 1. The number of aryl methyl sites for hydroxylation is 1. The number of hydrogen-bond acceptors (Lipinski definition) is 1. The molecule has 1 rings (SSSR count). The molecule has 2 heteroatoms. The SMILES string of the molecule is Cc1ccc(C(C)C)c(O)c1.[H-].[Na+]. The first-order chi connectivity index (χ1) is 5.11. The second-order valence-corrected chi connectivity index (χ2v) is 3.22. The van der Waals surface area contributed by atoms with Crippen molar-refractivity contribution in [1.82, 2.24) is 0 Å². The van der Waals surface area contributed by atoms with Crippen LogP contribution in [0.5, 0.6) is 5.75 Å². The molecular weight excluding hydrogens is 159 g/mol. The monoisotopic (exact) mass is 174 g/mol. The van der Waals surface area contributed by atoms with Crippen LogP contribution in [0.25, 0.3) is 0 Å². The zero-order chi connectivity index (χ0) is 8.43. The van der Waals surface area contributed by atoms with Gasteiger partial charge in [0.05, 0.1) is 0 Å². The third-order valence-electron chi connectivity index (χ3n) is 1.81. The minimum Gasteiger partial charge on any atom is -1.00 e. The molecular formula is C10H15NaO. The molecule has 1 nitrogen and oxygen atoms in total. The van der Waals surface area contributed by atoms with E-state index in [2.05, 4.69) is 13.8 Å². The van der Waals surface area contributed by atoms with Crippen LogP contribution in [0.4, 0.5) is 0 Å². The van der Waals surface area contributed by atoms with Gasteiger partial charge in [0.25, 0.3) is 0 Å². The van der Waals surface area contributed by atoms with Gasteiger partial charge in [-0.05, 0) is 30.0 Å². The molecule has 0 atom stereocenters. The Bertz CT molecular complexity index is 261. The van der Waals surface area contributed by atoms with E-state index in [1.54, 1.807) is 6.07 Å². The standard InChI is InChI=1S/C10H14O.Na.H/c1-7(2)9-5-4-8(3)6-10(9)11;;/h4-7,11H,1-3H3;;/q;+1;-1. The van der Waals surface area contributed by atoms with Crippen molar-refractivity contribution < 1.29 is 36.1 Å². The summed E-state index contributed by atoms with van der Waals surface area (Å²) >= 11 is 0. The Morgan fingerprint density at radius 3 is 2.33 bits per heavy atom. The van der Waals surface area contributed by atoms with Gasteiger partial charge < -0.3 is 6.53 Å². The molecule has 0 aromatic heterocycles. The summed E-state index contributed by atoms with van der Waals surface area (Å²) in [6, 6.07) is 5.81. The fourth-order valence-electron chi connectivity index (χ4n) is 1.14. The zero-order valence-electron chi connectivity index (χ0n) is 9.26. The molecule has 62 valence electrons. The van der Waals surface area contributed by atoms with Crippen LogP contribution in [-0.2, 0) is 0 Å².